The fraction of sp³-hybridized carbons (Fsp3) is 0.714. The SMILES string of the molecule is O=c1[nH]c(=O)n([C@@H]2O[C@H](CO)[C@@H](O)[C@@H]2F)cc1CCCCCF. The largest absolute Gasteiger partial charge is 0.394 e. The average molecular weight is 334 g/mol. The Morgan fingerprint density at radius 2 is 2.04 bits per heavy atom. The van der Waals surface area contributed by atoms with E-state index in [4.69, 9.17) is 9.84 Å². The van der Waals surface area contributed by atoms with Crippen LogP contribution in [0, 0.1) is 0 Å². The number of H-pyrrole nitrogens is 1. The van der Waals surface area contributed by atoms with Crippen molar-refractivity contribution in [2.24, 2.45) is 0 Å². The molecule has 0 unspecified atom stereocenters. The molecule has 23 heavy (non-hydrogen) atoms. The molecular formula is C14H20F2N2O5. The van der Waals surface area contributed by atoms with Gasteiger partial charge in [-0.1, -0.05) is 6.42 Å². The summed E-state index contributed by atoms with van der Waals surface area (Å²) in [6.07, 6.45) is -2.99. The zero-order valence-corrected chi connectivity index (χ0v) is 12.5. The predicted molar refractivity (Wildman–Crippen MR) is 76.8 cm³/mol. The molecule has 0 radical (unpaired) electrons. The summed E-state index contributed by atoms with van der Waals surface area (Å²) in [7, 11) is 0. The third-order valence-corrected chi connectivity index (χ3v) is 3.87. The minimum absolute atomic E-state index is 0.251. The molecule has 0 bridgehead atoms. The number of nitrogens with zero attached hydrogens (tertiary/aromatic N) is 1. The van der Waals surface area contributed by atoms with E-state index in [1.807, 2.05) is 0 Å². The number of nitrogens with one attached hydrogen (secondary N) is 1. The lowest BCUT2D eigenvalue weighted by Crippen LogP contribution is -2.37. The standard InChI is InChI=1S/C14H20F2N2O5/c15-5-3-1-2-4-8-6-18(14(22)17-12(8)21)13-10(16)11(20)9(7-19)23-13/h6,9-11,13,19-20H,1-5,7H2,(H,17,21,22)/t9-,10+,11-,13-/m1/s1. The molecule has 9 heteroatoms. The van der Waals surface area contributed by atoms with E-state index in [0.717, 1.165) is 4.57 Å². The van der Waals surface area contributed by atoms with E-state index < -0.39 is 49.1 Å². The van der Waals surface area contributed by atoms with E-state index in [0.29, 0.717) is 25.7 Å². The van der Waals surface area contributed by atoms with Crippen LogP contribution in [-0.2, 0) is 11.2 Å². The lowest BCUT2D eigenvalue weighted by molar-refractivity contribution is -0.0492. The number of aromatic nitrogens is 2. The maximum Gasteiger partial charge on any atom is 0.330 e. The van der Waals surface area contributed by atoms with Crippen LogP contribution in [0.4, 0.5) is 8.78 Å². The number of ether oxygens (including phenoxy) is 1. The Morgan fingerprint density at radius 3 is 2.65 bits per heavy atom. The highest BCUT2D eigenvalue weighted by Crippen LogP contribution is 2.30. The highest BCUT2D eigenvalue weighted by molar-refractivity contribution is 5.06. The quantitative estimate of drug-likeness (QED) is 0.600. The molecule has 130 valence electrons. The zero-order valence-electron chi connectivity index (χ0n) is 12.5. The molecule has 0 amide bonds. The van der Waals surface area contributed by atoms with Gasteiger partial charge in [0.1, 0.15) is 12.2 Å². The van der Waals surface area contributed by atoms with Gasteiger partial charge in [-0.15, -0.1) is 0 Å². The van der Waals surface area contributed by atoms with Crippen LogP contribution in [0.2, 0.25) is 0 Å². The number of alkyl halides is 2. The van der Waals surface area contributed by atoms with Crippen LogP contribution in [-0.4, -0.2) is 51.4 Å². The van der Waals surface area contributed by atoms with Gasteiger partial charge >= 0.3 is 5.69 Å². The van der Waals surface area contributed by atoms with Crippen molar-refractivity contribution >= 4 is 0 Å². The molecule has 1 fully saturated rings. The summed E-state index contributed by atoms with van der Waals surface area (Å²) in [6, 6.07) is 0. The van der Waals surface area contributed by atoms with Crippen molar-refractivity contribution < 1.29 is 23.7 Å². The molecule has 3 N–H and O–H groups in total. The van der Waals surface area contributed by atoms with Crippen molar-refractivity contribution in [3.05, 3.63) is 32.6 Å². The van der Waals surface area contributed by atoms with Crippen molar-refractivity contribution in [1.29, 1.82) is 0 Å². The van der Waals surface area contributed by atoms with Crippen LogP contribution in [0.1, 0.15) is 31.1 Å². The highest BCUT2D eigenvalue weighted by Gasteiger charge is 2.45. The van der Waals surface area contributed by atoms with Gasteiger partial charge in [0.05, 0.1) is 13.3 Å². The number of unbranched alkanes of at least 4 members (excludes halogenated alkanes) is 2. The molecule has 0 aliphatic carbocycles. The predicted octanol–water partition coefficient (Wildman–Crippen LogP) is -0.192. The first-order valence-electron chi connectivity index (χ1n) is 7.48. The maximum atomic E-state index is 14.1. The van der Waals surface area contributed by atoms with Crippen LogP contribution in [0.25, 0.3) is 0 Å². The number of hydrogen-bond acceptors (Lipinski definition) is 5. The van der Waals surface area contributed by atoms with Crippen LogP contribution >= 0.6 is 0 Å². The normalized spacial score (nSPS) is 27.5. The Morgan fingerprint density at radius 1 is 1.30 bits per heavy atom. The molecule has 2 rings (SSSR count). The maximum absolute atomic E-state index is 14.1. The summed E-state index contributed by atoms with van der Waals surface area (Å²) in [5.74, 6) is 0. The molecule has 1 aliphatic heterocycles. The first kappa shape index (κ1) is 17.8. The lowest BCUT2D eigenvalue weighted by Gasteiger charge is -2.16. The summed E-state index contributed by atoms with van der Waals surface area (Å²) < 4.78 is 32.2. The van der Waals surface area contributed by atoms with Crippen molar-refractivity contribution in [3.63, 3.8) is 0 Å². The van der Waals surface area contributed by atoms with Gasteiger partial charge in [0.15, 0.2) is 12.4 Å². The van der Waals surface area contributed by atoms with E-state index in [1.54, 1.807) is 0 Å². The second-order valence-electron chi connectivity index (χ2n) is 5.50. The van der Waals surface area contributed by atoms with Gasteiger partial charge in [0.25, 0.3) is 5.56 Å². The van der Waals surface area contributed by atoms with Crippen molar-refractivity contribution in [2.75, 3.05) is 13.3 Å². The Labute approximate surface area is 130 Å². The van der Waals surface area contributed by atoms with Crippen LogP contribution in [0.15, 0.2) is 15.8 Å². The summed E-state index contributed by atoms with van der Waals surface area (Å²) >= 11 is 0. The van der Waals surface area contributed by atoms with E-state index in [9.17, 15) is 23.5 Å². The zero-order chi connectivity index (χ0) is 17.0. The van der Waals surface area contributed by atoms with E-state index in [2.05, 4.69) is 4.98 Å². The molecule has 0 aromatic carbocycles. The minimum Gasteiger partial charge on any atom is -0.394 e. The number of aromatic amines is 1. The van der Waals surface area contributed by atoms with Crippen molar-refractivity contribution in [3.8, 4) is 0 Å². The average Bonchev–Trinajstić information content (AvgIpc) is 2.81. The third kappa shape index (κ3) is 3.85. The van der Waals surface area contributed by atoms with Gasteiger partial charge in [0.2, 0.25) is 0 Å². The van der Waals surface area contributed by atoms with Crippen LogP contribution in [0.3, 0.4) is 0 Å². The number of halogens is 2. The first-order valence-corrected chi connectivity index (χ1v) is 7.48. The van der Waals surface area contributed by atoms with Crippen molar-refractivity contribution in [2.45, 2.75) is 50.3 Å². The first-order chi connectivity index (χ1) is 11.0. The number of aryl methyl sites for hydroxylation is 1. The van der Waals surface area contributed by atoms with Gasteiger partial charge in [0, 0.05) is 11.8 Å². The smallest absolute Gasteiger partial charge is 0.330 e. The van der Waals surface area contributed by atoms with E-state index in [1.165, 1.54) is 6.20 Å². The Hall–Kier alpha value is -1.58. The summed E-state index contributed by atoms with van der Waals surface area (Å²) in [5.41, 5.74) is -1.19. The second-order valence-corrected chi connectivity index (χ2v) is 5.50. The molecule has 4 atom stereocenters. The molecule has 1 aromatic heterocycles. The molecule has 2 heterocycles. The topological polar surface area (TPSA) is 105 Å². The minimum atomic E-state index is -1.91. The van der Waals surface area contributed by atoms with E-state index in [-0.39, 0.29) is 5.56 Å². The molecular weight excluding hydrogens is 314 g/mol. The van der Waals surface area contributed by atoms with Crippen LogP contribution in [0.5, 0.6) is 0 Å². The number of rotatable bonds is 7. The molecule has 0 saturated carbocycles. The summed E-state index contributed by atoms with van der Waals surface area (Å²) in [6.45, 7) is -1.03. The highest BCUT2D eigenvalue weighted by atomic mass is 19.1. The fourth-order valence-corrected chi connectivity index (χ4v) is 2.56. The fourth-order valence-electron chi connectivity index (χ4n) is 2.56. The Balaban J connectivity index is 2.22. The second kappa shape index (κ2) is 7.80. The van der Waals surface area contributed by atoms with Crippen LogP contribution < -0.4 is 11.2 Å². The van der Waals surface area contributed by atoms with Gasteiger partial charge in [-0.25, -0.2) is 9.18 Å². The van der Waals surface area contributed by atoms with Gasteiger partial charge < -0.3 is 14.9 Å². The third-order valence-electron chi connectivity index (χ3n) is 3.87. The lowest BCUT2D eigenvalue weighted by atomic mass is 10.1. The summed E-state index contributed by atoms with van der Waals surface area (Å²) in [4.78, 5) is 25.7. The Kier molecular flexibility index (Phi) is 6.03. The molecule has 1 aliphatic rings. The van der Waals surface area contributed by atoms with E-state index >= 15 is 0 Å². The number of aliphatic hydroxyl groups is 2. The molecule has 1 aromatic rings. The van der Waals surface area contributed by atoms with Gasteiger partial charge in [-0.05, 0) is 19.3 Å². The number of hydrogen-bond donors (Lipinski definition) is 3. The van der Waals surface area contributed by atoms with Crippen molar-refractivity contribution in [1.82, 2.24) is 9.55 Å². The summed E-state index contributed by atoms with van der Waals surface area (Å²) in [5, 5.41) is 18.6. The van der Waals surface area contributed by atoms with Gasteiger partial charge in [-0.3, -0.25) is 18.7 Å². The van der Waals surface area contributed by atoms with Gasteiger partial charge in [-0.2, -0.15) is 0 Å². The number of aliphatic hydroxyl groups excluding tert-OH is 2. The molecule has 7 nitrogen and oxygen atoms in total. The Bertz CT molecular complexity index is 632. The molecule has 1 saturated heterocycles. The monoisotopic (exact) mass is 334 g/mol. The molecule has 0 spiro atoms.